The van der Waals surface area contributed by atoms with Gasteiger partial charge >= 0.3 is 0 Å². The first-order chi connectivity index (χ1) is 11.5. The van der Waals surface area contributed by atoms with E-state index in [4.69, 9.17) is 0 Å². The topological polar surface area (TPSA) is 78.5 Å². The van der Waals surface area contributed by atoms with Crippen LogP contribution in [0.4, 0.5) is 0 Å². The van der Waals surface area contributed by atoms with Crippen molar-refractivity contribution in [2.45, 2.75) is 50.4 Å². The molecule has 3 rings (SSSR count). The molecule has 0 aromatic carbocycles. The molecule has 0 aromatic heterocycles. The van der Waals surface area contributed by atoms with Crippen molar-refractivity contribution in [2.75, 3.05) is 31.1 Å². The Morgan fingerprint density at radius 3 is 2.83 bits per heavy atom. The molecule has 6 nitrogen and oxygen atoms in total. The smallest absolute Gasteiger partial charge is 0.223 e. The van der Waals surface area contributed by atoms with Crippen molar-refractivity contribution in [1.82, 2.24) is 14.9 Å². The van der Waals surface area contributed by atoms with E-state index < -0.39 is 10.0 Å². The molecule has 0 bridgehead atoms. The Balaban J connectivity index is 1.47. The van der Waals surface area contributed by atoms with E-state index in [-0.39, 0.29) is 17.6 Å². The quantitative estimate of drug-likeness (QED) is 0.694. The Kier molecular flexibility index (Phi) is 6.11. The summed E-state index contributed by atoms with van der Waals surface area (Å²) in [6.07, 6.45) is 4.75. The van der Waals surface area contributed by atoms with Crippen LogP contribution >= 0.6 is 11.8 Å². The maximum absolute atomic E-state index is 12.3. The van der Waals surface area contributed by atoms with Crippen LogP contribution in [0.5, 0.6) is 0 Å². The van der Waals surface area contributed by atoms with Crippen molar-refractivity contribution in [1.29, 1.82) is 0 Å². The van der Waals surface area contributed by atoms with E-state index in [9.17, 15) is 13.2 Å². The minimum atomic E-state index is -3.09. The third kappa shape index (κ3) is 4.65. The first-order valence-electron chi connectivity index (χ1n) is 9.13. The van der Waals surface area contributed by atoms with Crippen LogP contribution in [0, 0.1) is 11.8 Å². The minimum absolute atomic E-state index is 0.194. The standard InChI is InChI=1S/C16H29N3O3S2/c1-2-8-24(21,22)19-7-3-4-13(10-19)16-18-14(11-23-16)9-17-15(20)12-5-6-12/h12-14,16,18H,2-11H2,1H3,(H,17,20). The highest BCUT2D eigenvalue weighted by Gasteiger charge is 2.37. The highest BCUT2D eigenvalue weighted by Crippen LogP contribution is 2.32. The number of hydrogen-bond acceptors (Lipinski definition) is 5. The summed E-state index contributed by atoms with van der Waals surface area (Å²) in [5, 5.41) is 6.94. The van der Waals surface area contributed by atoms with Gasteiger partial charge in [0.15, 0.2) is 0 Å². The van der Waals surface area contributed by atoms with Gasteiger partial charge in [0, 0.05) is 37.3 Å². The monoisotopic (exact) mass is 375 g/mol. The molecule has 0 spiro atoms. The lowest BCUT2D eigenvalue weighted by Crippen LogP contribution is -2.48. The van der Waals surface area contributed by atoms with E-state index in [0.717, 1.165) is 31.4 Å². The van der Waals surface area contributed by atoms with Crippen molar-refractivity contribution in [3.05, 3.63) is 0 Å². The van der Waals surface area contributed by atoms with E-state index in [0.29, 0.717) is 43.4 Å². The number of nitrogens with one attached hydrogen (secondary N) is 2. The number of carbonyl (C=O) groups excluding carboxylic acids is 1. The van der Waals surface area contributed by atoms with Crippen molar-refractivity contribution in [3.8, 4) is 0 Å². The molecule has 2 aliphatic heterocycles. The summed E-state index contributed by atoms with van der Waals surface area (Å²) < 4.78 is 26.3. The highest BCUT2D eigenvalue weighted by molar-refractivity contribution is 8.00. The molecule has 0 radical (unpaired) electrons. The molecule has 1 amide bonds. The average Bonchev–Trinajstić information content (AvgIpc) is 3.31. The fourth-order valence-corrected chi connectivity index (χ4v) is 6.55. The Morgan fingerprint density at radius 1 is 1.33 bits per heavy atom. The molecule has 1 saturated carbocycles. The largest absolute Gasteiger partial charge is 0.354 e. The Bertz CT molecular complexity index is 551. The SMILES string of the molecule is CCCS(=O)(=O)N1CCCC(C2NC(CNC(=O)C3CC3)CS2)C1. The molecule has 3 unspecified atom stereocenters. The summed E-state index contributed by atoms with van der Waals surface area (Å²) in [4.78, 5) is 11.7. The van der Waals surface area contributed by atoms with E-state index in [2.05, 4.69) is 10.6 Å². The van der Waals surface area contributed by atoms with Gasteiger partial charge in [0.1, 0.15) is 0 Å². The summed E-state index contributed by atoms with van der Waals surface area (Å²) in [5.41, 5.74) is 0. The van der Waals surface area contributed by atoms with E-state index in [1.807, 2.05) is 18.7 Å². The normalized spacial score (nSPS) is 32.0. The van der Waals surface area contributed by atoms with Crippen LogP contribution < -0.4 is 10.6 Å². The lowest BCUT2D eigenvalue weighted by atomic mass is 9.99. The second-order valence-corrected chi connectivity index (χ2v) is 10.5. The van der Waals surface area contributed by atoms with Crippen molar-refractivity contribution < 1.29 is 13.2 Å². The van der Waals surface area contributed by atoms with Crippen molar-refractivity contribution in [2.24, 2.45) is 11.8 Å². The zero-order valence-corrected chi connectivity index (χ0v) is 16.0. The Labute approximate surface area is 149 Å². The van der Waals surface area contributed by atoms with Crippen molar-refractivity contribution >= 4 is 27.7 Å². The molecule has 138 valence electrons. The Morgan fingerprint density at radius 2 is 2.12 bits per heavy atom. The van der Waals surface area contributed by atoms with Gasteiger partial charge in [0.25, 0.3) is 0 Å². The number of piperidine rings is 1. The van der Waals surface area contributed by atoms with Gasteiger partial charge in [-0.1, -0.05) is 6.92 Å². The molecule has 8 heteroatoms. The van der Waals surface area contributed by atoms with Crippen molar-refractivity contribution in [3.63, 3.8) is 0 Å². The van der Waals surface area contributed by atoms with Crippen LogP contribution in [0.3, 0.4) is 0 Å². The van der Waals surface area contributed by atoms with Gasteiger partial charge in [0.2, 0.25) is 15.9 Å². The predicted octanol–water partition coefficient (Wildman–Crippen LogP) is 0.996. The first-order valence-corrected chi connectivity index (χ1v) is 11.8. The summed E-state index contributed by atoms with van der Waals surface area (Å²) in [6, 6.07) is 0.297. The molecule has 24 heavy (non-hydrogen) atoms. The Hall–Kier alpha value is -0.310. The molecule has 3 atom stereocenters. The molecule has 3 aliphatic rings. The summed E-state index contributed by atoms with van der Waals surface area (Å²) >= 11 is 1.87. The number of thioether (sulfide) groups is 1. The molecule has 2 saturated heterocycles. The fraction of sp³-hybridized carbons (Fsp3) is 0.938. The van der Waals surface area contributed by atoms with Gasteiger partial charge in [-0.2, -0.15) is 0 Å². The van der Waals surface area contributed by atoms with Crippen LogP contribution in [0.15, 0.2) is 0 Å². The number of hydrogen-bond donors (Lipinski definition) is 2. The second-order valence-electron chi connectivity index (χ2n) is 7.21. The zero-order valence-electron chi connectivity index (χ0n) is 14.4. The molecule has 3 fully saturated rings. The molecular weight excluding hydrogens is 346 g/mol. The molecule has 1 aliphatic carbocycles. The number of sulfonamides is 1. The molecule has 2 heterocycles. The first kappa shape index (κ1) is 18.5. The highest BCUT2D eigenvalue weighted by atomic mass is 32.2. The number of rotatable bonds is 7. The van der Waals surface area contributed by atoms with E-state index in [1.54, 1.807) is 4.31 Å². The maximum atomic E-state index is 12.3. The number of amides is 1. The third-order valence-corrected chi connectivity index (χ3v) is 8.57. The third-order valence-electron chi connectivity index (χ3n) is 5.05. The average molecular weight is 376 g/mol. The van der Waals surface area contributed by atoms with Crippen LogP contribution in [-0.4, -0.2) is 61.2 Å². The van der Waals surface area contributed by atoms with Gasteiger partial charge < -0.3 is 5.32 Å². The summed E-state index contributed by atoms with van der Waals surface area (Å²) in [7, 11) is -3.09. The lowest BCUT2D eigenvalue weighted by molar-refractivity contribution is -0.122. The van der Waals surface area contributed by atoms with Crippen LogP contribution in [0.2, 0.25) is 0 Å². The van der Waals surface area contributed by atoms with Gasteiger partial charge in [-0.15, -0.1) is 11.8 Å². The van der Waals surface area contributed by atoms with Crippen LogP contribution in [0.1, 0.15) is 39.0 Å². The van der Waals surface area contributed by atoms with Gasteiger partial charge in [-0.25, -0.2) is 12.7 Å². The molecule has 2 N–H and O–H groups in total. The fourth-order valence-electron chi connectivity index (χ4n) is 3.51. The van der Waals surface area contributed by atoms with Gasteiger partial charge in [-0.05, 0) is 38.0 Å². The minimum Gasteiger partial charge on any atom is -0.354 e. The lowest BCUT2D eigenvalue weighted by Gasteiger charge is -2.34. The van der Waals surface area contributed by atoms with E-state index in [1.165, 1.54) is 0 Å². The van der Waals surface area contributed by atoms with Gasteiger partial charge in [-0.3, -0.25) is 10.1 Å². The zero-order chi connectivity index (χ0) is 17.2. The molecule has 0 aromatic rings. The van der Waals surface area contributed by atoms with Crippen LogP contribution in [-0.2, 0) is 14.8 Å². The maximum Gasteiger partial charge on any atom is 0.223 e. The molecular formula is C16H29N3O3S2. The second kappa shape index (κ2) is 7.93. The van der Waals surface area contributed by atoms with E-state index >= 15 is 0 Å². The predicted molar refractivity (Wildman–Crippen MR) is 97.3 cm³/mol. The van der Waals surface area contributed by atoms with Crippen LogP contribution in [0.25, 0.3) is 0 Å². The number of carbonyl (C=O) groups is 1. The van der Waals surface area contributed by atoms with Gasteiger partial charge in [0.05, 0.1) is 11.1 Å². The summed E-state index contributed by atoms with van der Waals surface area (Å²) in [6.45, 7) is 3.89. The number of nitrogens with zero attached hydrogens (tertiary/aromatic N) is 1. The summed E-state index contributed by atoms with van der Waals surface area (Å²) in [5.74, 6) is 2.04.